The Morgan fingerprint density at radius 3 is 2.30 bits per heavy atom. The Balaban J connectivity index is 2.21. The molecule has 37 heavy (non-hydrogen) atoms. The first-order valence-electron chi connectivity index (χ1n) is 12.6. The van der Waals surface area contributed by atoms with Gasteiger partial charge in [-0.05, 0) is 50.6 Å². The Bertz CT molecular complexity index is 943. The van der Waals surface area contributed by atoms with Gasteiger partial charge in [-0.1, -0.05) is 30.3 Å². The fourth-order valence-electron chi connectivity index (χ4n) is 4.28. The number of nitrogens with two attached hydrogens (primary N) is 3. The number of primary amides is 1. The molecule has 9 N–H and O–H groups in total. The average Bonchev–Trinajstić information content (AvgIpc) is 3.37. The lowest BCUT2D eigenvalue weighted by molar-refractivity contribution is -0.149. The molecule has 2 rings (SSSR count). The zero-order chi connectivity index (χ0) is 27.4. The van der Waals surface area contributed by atoms with E-state index in [0.29, 0.717) is 32.2 Å². The number of aliphatic carboxylic acids is 1. The summed E-state index contributed by atoms with van der Waals surface area (Å²) in [5.41, 5.74) is 17.4. The van der Waals surface area contributed by atoms with E-state index in [-0.39, 0.29) is 32.2 Å². The van der Waals surface area contributed by atoms with Gasteiger partial charge in [-0.3, -0.25) is 19.2 Å². The van der Waals surface area contributed by atoms with Crippen molar-refractivity contribution >= 4 is 29.6 Å². The highest BCUT2D eigenvalue weighted by Crippen LogP contribution is 2.20. The van der Waals surface area contributed by atoms with Crippen LogP contribution in [0.1, 0.15) is 50.5 Å². The van der Waals surface area contributed by atoms with Gasteiger partial charge in [-0.15, -0.1) is 0 Å². The molecule has 0 aromatic heterocycles. The van der Waals surface area contributed by atoms with Crippen LogP contribution in [-0.4, -0.2) is 76.9 Å². The quantitative estimate of drug-likeness (QED) is 0.158. The first-order chi connectivity index (χ1) is 17.6. The molecular weight excluding hydrogens is 480 g/mol. The summed E-state index contributed by atoms with van der Waals surface area (Å²) in [5.74, 6) is -3.39. The lowest BCUT2D eigenvalue weighted by atomic mass is 10.0. The Hall–Kier alpha value is -3.51. The number of likely N-dealkylation sites (tertiary alicyclic amines) is 1. The number of nitrogens with zero attached hydrogens (tertiary/aromatic N) is 1. The summed E-state index contributed by atoms with van der Waals surface area (Å²) in [7, 11) is 0. The van der Waals surface area contributed by atoms with Gasteiger partial charge in [-0.25, -0.2) is 4.79 Å². The summed E-state index contributed by atoms with van der Waals surface area (Å²) in [6, 6.07) is 4.97. The molecule has 0 saturated carbocycles. The van der Waals surface area contributed by atoms with Gasteiger partial charge in [0.05, 0.1) is 6.04 Å². The molecule has 1 aromatic rings. The van der Waals surface area contributed by atoms with E-state index in [1.807, 2.05) is 6.07 Å². The molecule has 0 bridgehead atoms. The van der Waals surface area contributed by atoms with E-state index in [4.69, 9.17) is 17.2 Å². The SMILES string of the molecule is NCCCCC(NC(=O)C(Cc1ccccc1)NC(=O)C(N)CCC(N)=O)C(=O)N1CCCC1C(=O)O. The summed E-state index contributed by atoms with van der Waals surface area (Å²) in [4.78, 5) is 63.4. The predicted molar refractivity (Wildman–Crippen MR) is 136 cm³/mol. The van der Waals surface area contributed by atoms with Crippen LogP contribution >= 0.6 is 0 Å². The van der Waals surface area contributed by atoms with E-state index in [1.54, 1.807) is 24.3 Å². The topological polar surface area (TPSA) is 211 Å². The van der Waals surface area contributed by atoms with Crippen LogP contribution in [0.3, 0.4) is 0 Å². The summed E-state index contributed by atoms with van der Waals surface area (Å²) < 4.78 is 0. The number of carboxylic acid groups (broad SMARTS) is 1. The maximum atomic E-state index is 13.4. The van der Waals surface area contributed by atoms with E-state index in [9.17, 15) is 29.1 Å². The highest BCUT2D eigenvalue weighted by molar-refractivity contribution is 5.94. The molecular formula is C25H38N6O6. The summed E-state index contributed by atoms with van der Waals surface area (Å²) in [6.45, 7) is 0.699. The Labute approximate surface area is 216 Å². The monoisotopic (exact) mass is 518 g/mol. The number of carbonyl (C=O) groups is 5. The first kappa shape index (κ1) is 29.7. The van der Waals surface area contributed by atoms with Crippen molar-refractivity contribution in [3.8, 4) is 0 Å². The van der Waals surface area contributed by atoms with Crippen molar-refractivity contribution in [2.75, 3.05) is 13.1 Å². The van der Waals surface area contributed by atoms with Gasteiger partial charge in [0.25, 0.3) is 0 Å². The van der Waals surface area contributed by atoms with E-state index >= 15 is 0 Å². The molecule has 4 amide bonds. The molecule has 12 nitrogen and oxygen atoms in total. The molecule has 1 aliphatic rings. The molecule has 1 aliphatic heterocycles. The molecule has 12 heteroatoms. The number of amides is 4. The molecule has 4 unspecified atom stereocenters. The van der Waals surface area contributed by atoms with E-state index in [1.165, 1.54) is 4.90 Å². The number of carbonyl (C=O) groups excluding carboxylic acids is 4. The lowest BCUT2D eigenvalue weighted by Crippen LogP contribution is -2.57. The van der Waals surface area contributed by atoms with Crippen molar-refractivity contribution in [1.82, 2.24) is 15.5 Å². The summed E-state index contributed by atoms with van der Waals surface area (Å²) in [5, 5.41) is 14.9. The maximum Gasteiger partial charge on any atom is 0.326 e. The second-order valence-corrected chi connectivity index (χ2v) is 9.24. The molecule has 4 atom stereocenters. The van der Waals surface area contributed by atoms with Crippen LogP contribution in [-0.2, 0) is 30.4 Å². The first-order valence-corrected chi connectivity index (χ1v) is 12.6. The minimum absolute atomic E-state index is 0.0204. The van der Waals surface area contributed by atoms with Gasteiger partial charge in [0.2, 0.25) is 23.6 Å². The molecule has 1 saturated heterocycles. The van der Waals surface area contributed by atoms with Crippen LogP contribution in [0.15, 0.2) is 30.3 Å². The molecule has 0 aliphatic carbocycles. The number of benzene rings is 1. The second kappa shape index (κ2) is 14.9. The van der Waals surface area contributed by atoms with Crippen LogP contribution < -0.4 is 27.8 Å². The standard InChI is InChI=1S/C25H38N6O6/c26-13-5-4-9-18(24(35)31-14-6-10-20(31)25(36)37)29-23(34)19(15-16-7-2-1-3-8-16)30-22(33)17(27)11-12-21(28)32/h1-3,7-8,17-20H,4-6,9-15,26-27H2,(H2,28,32)(H,29,34)(H,30,33)(H,36,37). The van der Waals surface area contributed by atoms with Crippen molar-refractivity contribution in [2.24, 2.45) is 17.2 Å². The van der Waals surface area contributed by atoms with Crippen LogP contribution in [0.4, 0.5) is 0 Å². The maximum absolute atomic E-state index is 13.4. The van der Waals surface area contributed by atoms with Crippen molar-refractivity contribution in [1.29, 1.82) is 0 Å². The lowest BCUT2D eigenvalue weighted by Gasteiger charge is -2.29. The zero-order valence-electron chi connectivity index (χ0n) is 20.9. The zero-order valence-corrected chi connectivity index (χ0v) is 20.9. The van der Waals surface area contributed by atoms with Gasteiger partial charge >= 0.3 is 5.97 Å². The third-order valence-electron chi connectivity index (χ3n) is 6.34. The number of nitrogens with one attached hydrogen (secondary N) is 2. The predicted octanol–water partition coefficient (Wildman–Crippen LogP) is -1.00. The summed E-state index contributed by atoms with van der Waals surface area (Å²) >= 11 is 0. The normalized spacial score (nSPS) is 17.5. The molecule has 204 valence electrons. The van der Waals surface area contributed by atoms with Gasteiger partial charge < -0.3 is 37.8 Å². The second-order valence-electron chi connectivity index (χ2n) is 9.24. The third kappa shape index (κ3) is 9.47. The minimum atomic E-state index is -1.09. The number of rotatable bonds is 15. The van der Waals surface area contributed by atoms with Crippen molar-refractivity contribution in [3.63, 3.8) is 0 Å². The van der Waals surface area contributed by atoms with Crippen LogP contribution in [0.25, 0.3) is 0 Å². The fourth-order valence-corrected chi connectivity index (χ4v) is 4.28. The Morgan fingerprint density at radius 2 is 1.68 bits per heavy atom. The molecule has 1 heterocycles. The van der Waals surface area contributed by atoms with Crippen LogP contribution in [0.5, 0.6) is 0 Å². The van der Waals surface area contributed by atoms with E-state index in [0.717, 1.165) is 5.56 Å². The van der Waals surface area contributed by atoms with Gasteiger partial charge in [0.15, 0.2) is 0 Å². The smallest absolute Gasteiger partial charge is 0.326 e. The number of hydrogen-bond donors (Lipinski definition) is 6. The third-order valence-corrected chi connectivity index (χ3v) is 6.34. The molecule has 0 spiro atoms. The minimum Gasteiger partial charge on any atom is -0.480 e. The largest absolute Gasteiger partial charge is 0.480 e. The Morgan fingerprint density at radius 1 is 1.00 bits per heavy atom. The molecule has 1 fully saturated rings. The van der Waals surface area contributed by atoms with E-state index in [2.05, 4.69) is 10.6 Å². The highest BCUT2D eigenvalue weighted by Gasteiger charge is 2.38. The van der Waals surface area contributed by atoms with E-state index < -0.39 is 53.8 Å². The van der Waals surface area contributed by atoms with Crippen molar-refractivity contribution in [2.45, 2.75) is 75.5 Å². The summed E-state index contributed by atoms with van der Waals surface area (Å²) in [6.07, 6.45) is 2.42. The number of carboxylic acids is 1. The Kier molecular flexibility index (Phi) is 12.0. The van der Waals surface area contributed by atoms with Gasteiger partial charge in [-0.2, -0.15) is 0 Å². The van der Waals surface area contributed by atoms with Crippen LogP contribution in [0.2, 0.25) is 0 Å². The van der Waals surface area contributed by atoms with Crippen molar-refractivity contribution in [3.05, 3.63) is 35.9 Å². The average molecular weight is 519 g/mol. The number of unbranched alkanes of at least 4 members (excludes halogenated alkanes) is 1. The number of hydrogen-bond acceptors (Lipinski definition) is 7. The molecule has 1 aromatic carbocycles. The van der Waals surface area contributed by atoms with Crippen LogP contribution in [0, 0.1) is 0 Å². The van der Waals surface area contributed by atoms with Crippen molar-refractivity contribution < 1.29 is 29.1 Å². The highest BCUT2D eigenvalue weighted by atomic mass is 16.4. The fraction of sp³-hybridized carbons (Fsp3) is 0.560. The van der Waals surface area contributed by atoms with Gasteiger partial charge in [0.1, 0.15) is 18.1 Å². The van der Waals surface area contributed by atoms with Gasteiger partial charge in [0, 0.05) is 19.4 Å². The molecule has 0 radical (unpaired) electrons.